The highest BCUT2D eigenvalue weighted by Crippen LogP contribution is 2.50. The highest BCUT2D eigenvalue weighted by Gasteiger charge is 2.39. The fraction of sp³-hybridized carbons (Fsp3) is 0.0847. The van der Waals surface area contributed by atoms with E-state index >= 15 is 0 Å². The highest BCUT2D eigenvalue weighted by molar-refractivity contribution is 6.10. The number of benzene rings is 6. The van der Waals surface area contributed by atoms with Gasteiger partial charge in [-0.15, -0.1) is 0 Å². The summed E-state index contributed by atoms with van der Waals surface area (Å²) in [6.45, 7) is 0. The summed E-state index contributed by atoms with van der Waals surface area (Å²) in [4.78, 5) is 0. The van der Waals surface area contributed by atoms with Crippen LogP contribution >= 0.6 is 0 Å². The molecule has 0 fully saturated rings. The number of allylic oxidation sites excluding steroid dienone is 7. The number of nitrogens with zero attached hydrogens (tertiary/aromatic N) is 2. The van der Waals surface area contributed by atoms with Crippen LogP contribution in [0.25, 0.3) is 68.3 Å². The molecule has 0 N–H and O–H groups in total. The summed E-state index contributed by atoms with van der Waals surface area (Å²) in [5.74, 6) is 2.17. The molecule has 13 rings (SSSR count). The first-order valence-corrected chi connectivity index (χ1v) is 22.1. The summed E-state index contributed by atoms with van der Waals surface area (Å²) >= 11 is 0. The molecule has 3 atom stereocenters. The van der Waals surface area contributed by atoms with Gasteiger partial charge in [-0.3, -0.25) is 0 Å². The summed E-state index contributed by atoms with van der Waals surface area (Å²) in [7, 11) is 0. The van der Waals surface area contributed by atoms with E-state index in [2.05, 4.69) is 215 Å². The van der Waals surface area contributed by atoms with Crippen molar-refractivity contribution in [2.24, 2.45) is 0 Å². The quantitative estimate of drug-likeness (QED) is 0.167. The molecule has 0 radical (unpaired) electrons. The van der Waals surface area contributed by atoms with Crippen molar-refractivity contribution in [1.82, 2.24) is 9.13 Å². The van der Waals surface area contributed by atoms with E-state index in [4.69, 9.17) is 9.47 Å². The van der Waals surface area contributed by atoms with Gasteiger partial charge in [0.15, 0.2) is 0 Å². The smallest absolute Gasteiger partial charge is 0.135 e. The van der Waals surface area contributed by atoms with Crippen LogP contribution < -0.4 is 15.4 Å². The molecule has 4 heterocycles. The SMILES string of the molecule is C1=CCc2c3c(n(-c4ccccc4)c2=C1)=COC(C1=CC(c2cccc4c2OC2C(c5cccc(-c6ccc7c(c6)c6ccccc6n7-c6ccccc6)c5)=CC=CC42)CC=C1)=C3. The van der Waals surface area contributed by atoms with Gasteiger partial charge in [0.05, 0.1) is 21.7 Å². The lowest BCUT2D eigenvalue weighted by Gasteiger charge is -2.24. The van der Waals surface area contributed by atoms with Crippen molar-refractivity contribution in [3.63, 3.8) is 0 Å². The molecule has 300 valence electrons. The lowest BCUT2D eigenvalue weighted by molar-refractivity contribution is 0.275. The van der Waals surface area contributed by atoms with Crippen molar-refractivity contribution >= 4 is 45.8 Å². The molecule has 0 saturated heterocycles. The van der Waals surface area contributed by atoms with Gasteiger partial charge in [0, 0.05) is 61.8 Å². The standard InChI is InChI=1S/C59H42N2O2/c1-3-19-43(20-4-1)60-53-29-9-7-23-47(53)51-35-39(31-32-55(51)60)38-15-11-16-40(33-38)45-25-13-27-49-50-28-14-26-46(59(50)63-58(45)49)41-17-12-18-42(34-41)57-36-52-48-24-8-10-30-54(48)61(56(52)37-62-57)44-21-5-2-6-22-44/h1-16,18-23,25-37,41,49,58H,17,24H2. The van der Waals surface area contributed by atoms with E-state index in [1.54, 1.807) is 0 Å². The van der Waals surface area contributed by atoms with Crippen molar-refractivity contribution < 1.29 is 9.47 Å². The van der Waals surface area contributed by atoms with Gasteiger partial charge < -0.3 is 18.6 Å². The molecule has 3 aliphatic carbocycles. The number of para-hydroxylation sites is 4. The first-order valence-electron chi connectivity index (χ1n) is 22.1. The first-order chi connectivity index (χ1) is 31.2. The van der Waals surface area contributed by atoms with Crippen LogP contribution in [-0.4, -0.2) is 15.2 Å². The van der Waals surface area contributed by atoms with Crippen molar-refractivity contribution in [3.8, 4) is 28.3 Å². The Labute approximate surface area is 366 Å². The number of ether oxygens (including phenoxy) is 2. The third-order valence-electron chi connectivity index (χ3n) is 13.6. The summed E-state index contributed by atoms with van der Waals surface area (Å²) in [5.41, 5.74) is 15.6. The van der Waals surface area contributed by atoms with Crippen LogP contribution in [0.5, 0.6) is 5.75 Å². The zero-order valence-electron chi connectivity index (χ0n) is 34.6. The van der Waals surface area contributed by atoms with Crippen molar-refractivity contribution in [3.05, 3.63) is 244 Å². The van der Waals surface area contributed by atoms with E-state index in [1.165, 1.54) is 77.4 Å². The molecular weight excluding hydrogens is 769 g/mol. The Kier molecular flexibility index (Phi) is 8.20. The number of rotatable bonds is 6. The molecule has 4 heteroatoms. The predicted octanol–water partition coefficient (Wildman–Crippen LogP) is 12.4. The van der Waals surface area contributed by atoms with Gasteiger partial charge >= 0.3 is 0 Å². The fourth-order valence-electron chi connectivity index (χ4n) is 10.7. The maximum atomic E-state index is 7.15. The van der Waals surface area contributed by atoms with Crippen LogP contribution in [0.1, 0.15) is 46.1 Å². The van der Waals surface area contributed by atoms with Crippen LogP contribution in [0.15, 0.2) is 206 Å². The van der Waals surface area contributed by atoms with E-state index < -0.39 is 0 Å². The average Bonchev–Trinajstić information content (AvgIpc) is 4.02. The number of hydrogen-bond acceptors (Lipinski definition) is 2. The third kappa shape index (κ3) is 5.75. The van der Waals surface area contributed by atoms with Gasteiger partial charge in [0.2, 0.25) is 0 Å². The van der Waals surface area contributed by atoms with Crippen LogP contribution in [0.4, 0.5) is 0 Å². The normalized spacial score (nSPS) is 19.1. The Bertz CT molecular complexity index is 3520. The monoisotopic (exact) mass is 810 g/mol. The lowest BCUT2D eigenvalue weighted by atomic mass is 9.82. The Morgan fingerprint density at radius 2 is 1.35 bits per heavy atom. The minimum absolute atomic E-state index is 0.113. The second kappa shape index (κ2) is 14.4. The highest BCUT2D eigenvalue weighted by atomic mass is 16.5. The molecule has 8 aromatic rings. The minimum atomic E-state index is -0.113. The van der Waals surface area contributed by atoms with E-state index in [0.717, 1.165) is 41.0 Å². The van der Waals surface area contributed by atoms with E-state index in [-0.39, 0.29) is 17.9 Å². The predicted molar refractivity (Wildman–Crippen MR) is 257 cm³/mol. The number of fused-ring (bicyclic) bond motifs is 9. The summed E-state index contributed by atoms with van der Waals surface area (Å²) in [5, 5.41) is 4.80. The Morgan fingerprint density at radius 3 is 2.24 bits per heavy atom. The molecule has 0 amide bonds. The lowest BCUT2D eigenvalue weighted by Crippen LogP contribution is -2.27. The molecule has 5 aliphatic rings. The maximum absolute atomic E-state index is 7.15. The Balaban J connectivity index is 0.813. The first kappa shape index (κ1) is 35.9. The average molecular weight is 811 g/mol. The van der Waals surface area contributed by atoms with Gasteiger partial charge in [0.1, 0.15) is 23.9 Å². The van der Waals surface area contributed by atoms with Crippen molar-refractivity contribution in [1.29, 1.82) is 0 Å². The fourth-order valence-corrected chi connectivity index (χ4v) is 10.7. The van der Waals surface area contributed by atoms with Crippen LogP contribution in [0, 0.1) is 0 Å². The van der Waals surface area contributed by atoms with Crippen molar-refractivity contribution in [2.45, 2.75) is 30.8 Å². The largest absolute Gasteiger partial charge is 0.484 e. The topological polar surface area (TPSA) is 28.3 Å². The van der Waals surface area contributed by atoms with E-state index in [9.17, 15) is 0 Å². The molecule has 6 aromatic carbocycles. The van der Waals surface area contributed by atoms with Gasteiger partial charge in [-0.25, -0.2) is 0 Å². The second-order valence-corrected chi connectivity index (χ2v) is 17.1. The van der Waals surface area contributed by atoms with Crippen molar-refractivity contribution in [2.75, 3.05) is 0 Å². The van der Waals surface area contributed by atoms with Gasteiger partial charge in [-0.05, 0) is 95.8 Å². The Hall–Kier alpha value is -7.82. The van der Waals surface area contributed by atoms with Gasteiger partial charge in [-0.2, -0.15) is 0 Å². The third-order valence-corrected chi connectivity index (χ3v) is 13.6. The minimum Gasteiger partial charge on any atom is -0.484 e. The molecule has 0 spiro atoms. The van der Waals surface area contributed by atoms with E-state index in [1.807, 2.05) is 6.26 Å². The second-order valence-electron chi connectivity index (χ2n) is 17.1. The molecule has 2 aliphatic heterocycles. The maximum Gasteiger partial charge on any atom is 0.135 e. The zero-order valence-corrected chi connectivity index (χ0v) is 34.6. The molecular formula is C59H42N2O2. The number of aromatic nitrogens is 2. The summed E-state index contributed by atoms with van der Waals surface area (Å²) < 4.78 is 18.4. The molecule has 4 nitrogen and oxygen atoms in total. The van der Waals surface area contributed by atoms with Gasteiger partial charge in [-0.1, -0.05) is 146 Å². The summed E-state index contributed by atoms with van der Waals surface area (Å²) in [6.07, 6.45) is 26.1. The molecule has 0 bridgehead atoms. The molecule has 2 aromatic heterocycles. The van der Waals surface area contributed by atoms with Gasteiger partial charge in [0.25, 0.3) is 0 Å². The molecule has 63 heavy (non-hydrogen) atoms. The van der Waals surface area contributed by atoms with Crippen LogP contribution in [0.3, 0.4) is 0 Å². The number of hydrogen-bond donors (Lipinski definition) is 0. The molecule has 3 unspecified atom stereocenters. The Morgan fingerprint density at radius 1 is 0.587 bits per heavy atom. The summed E-state index contributed by atoms with van der Waals surface area (Å²) in [6, 6.07) is 52.6. The van der Waals surface area contributed by atoms with E-state index in [0.29, 0.717) is 0 Å². The molecule has 0 saturated carbocycles. The zero-order chi connectivity index (χ0) is 41.4. The van der Waals surface area contributed by atoms with Crippen LogP contribution in [0.2, 0.25) is 0 Å². The van der Waals surface area contributed by atoms with Crippen LogP contribution in [-0.2, 0) is 11.2 Å².